The summed E-state index contributed by atoms with van der Waals surface area (Å²) in [6.07, 6.45) is 0. The summed E-state index contributed by atoms with van der Waals surface area (Å²) in [4.78, 5) is 2.54. The molecule has 3 heteroatoms. The van der Waals surface area contributed by atoms with Gasteiger partial charge in [0, 0.05) is 26.2 Å². The van der Waals surface area contributed by atoms with Crippen LogP contribution in [0.4, 0.5) is 0 Å². The minimum atomic E-state index is 0.196. The standard InChI is InChI=1S/C14H24N2O/c1-11-5-6-12(17-11)13(14(2,3)4)16-9-7-15-8-10-16/h5-6,13,15H,7-10H2,1-4H3/t13-/m1/s1. The maximum atomic E-state index is 5.86. The van der Waals surface area contributed by atoms with Crippen LogP contribution >= 0.6 is 0 Å². The molecule has 0 unspecified atom stereocenters. The lowest BCUT2D eigenvalue weighted by atomic mass is 9.84. The number of hydrogen-bond acceptors (Lipinski definition) is 3. The molecule has 1 saturated heterocycles. The van der Waals surface area contributed by atoms with Crippen molar-refractivity contribution in [1.29, 1.82) is 0 Å². The van der Waals surface area contributed by atoms with Gasteiger partial charge >= 0.3 is 0 Å². The molecule has 17 heavy (non-hydrogen) atoms. The molecule has 2 heterocycles. The largest absolute Gasteiger partial charge is 0.465 e. The van der Waals surface area contributed by atoms with Gasteiger partial charge in [0.2, 0.25) is 0 Å². The second-order valence-electron chi connectivity index (χ2n) is 6.00. The van der Waals surface area contributed by atoms with E-state index in [1.165, 1.54) is 0 Å². The highest BCUT2D eigenvalue weighted by molar-refractivity contribution is 5.12. The molecule has 2 rings (SSSR count). The zero-order chi connectivity index (χ0) is 12.5. The second kappa shape index (κ2) is 4.83. The van der Waals surface area contributed by atoms with Gasteiger partial charge in [-0.3, -0.25) is 4.90 Å². The normalized spacial score (nSPS) is 20.5. The Morgan fingerprint density at radius 2 is 1.88 bits per heavy atom. The lowest BCUT2D eigenvalue weighted by Gasteiger charge is -2.41. The molecule has 1 aromatic heterocycles. The monoisotopic (exact) mass is 236 g/mol. The molecule has 0 aromatic carbocycles. The molecule has 0 saturated carbocycles. The van der Waals surface area contributed by atoms with Crippen LogP contribution in [-0.2, 0) is 0 Å². The molecule has 1 N–H and O–H groups in total. The molecule has 1 aliphatic rings. The Balaban J connectivity index is 2.24. The Morgan fingerprint density at radius 1 is 1.24 bits per heavy atom. The van der Waals surface area contributed by atoms with Gasteiger partial charge in [0.1, 0.15) is 11.5 Å². The van der Waals surface area contributed by atoms with Gasteiger partial charge in [0.25, 0.3) is 0 Å². The van der Waals surface area contributed by atoms with Crippen molar-refractivity contribution >= 4 is 0 Å². The van der Waals surface area contributed by atoms with Crippen molar-refractivity contribution in [3.8, 4) is 0 Å². The van der Waals surface area contributed by atoms with E-state index in [1.807, 2.05) is 6.92 Å². The molecule has 1 atom stereocenters. The zero-order valence-electron chi connectivity index (χ0n) is 11.4. The Labute approximate surface area is 104 Å². The van der Waals surface area contributed by atoms with Gasteiger partial charge in [-0.2, -0.15) is 0 Å². The number of hydrogen-bond donors (Lipinski definition) is 1. The van der Waals surface area contributed by atoms with Crippen LogP contribution < -0.4 is 5.32 Å². The zero-order valence-corrected chi connectivity index (χ0v) is 11.4. The maximum absolute atomic E-state index is 5.86. The van der Waals surface area contributed by atoms with Gasteiger partial charge in [-0.05, 0) is 24.5 Å². The first-order chi connectivity index (χ1) is 7.98. The molecule has 0 bridgehead atoms. The van der Waals surface area contributed by atoms with Gasteiger partial charge in [-0.1, -0.05) is 20.8 Å². The van der Waals surface area contributed by atoms with Crippen LogP contribution in [0.1, 0.15) is 38.3 Å². The van der Waals surface area contributed by atoms with E-state index in [4.69, 9.17) is 4.42 Å². The maximum Gasteiger partial charge on any atom is 0.121 e. The third kappa shape index (κ3) is 2.90. The molecule has 1 aliphatic heterocycles. The van der Waals surface area contributed by atoms with Crippen LogP contribution in [0.3, 0.4) is 0 Å². The Morgan fingerprint density at radius 3 is 2.35 bits per heavy atom. The summed E-state index contributed by atoms with van der Waals surface area (Å²) in [7, 11) is 0. The van der Waals surface area contributed by atoms with Gasteiger partial charge in [0.05, 0.1) is 6.04 Å². The molecular formula is C14H24N2O. The molecule has 0 radical (unpaired) electrons. The first-order valence-corrected chi connectivity index (χ1v) is 6.49. The number of nitrogens with one attached hydrogen (secondary N) is 1. The Bertz CT molecular complexity index is 359. The van der Waals surface area contributed by atoms with E-state index in [0.717, 1.165) is 37.7 Å². The highest BCUT2D eigenvalue weighted by atomic mass is 16.3. The molecule has 3 nitrogen and oxygen atoms in total. The molecule has 1 aromatic rings. The number of nitrogens with zero attached hydrogens (tertiary/aromatic N) is 1. The van der Waals surface area contributed by atoms with Crippen molar-refractivity contribution in [3.63, 3.8) is 0 Å². The van der Waals surface area contributed by atoms with E-state index in [0.29, 0.717) is 6.04 Å². The topological polar surface area (TPSA) is 28.4 Å². The second-order valence-corrected chi connectivity index (χ2v) is 6.00. The average molecular weight is 236 g/mol. The van der Waals surface area contributed by atoms with Crippen molar-refractivity contribution in [2.75, 3.05) is 26.2 Å². The summed E-state index contributed by atoms with van der Waals surface area (Å²) >= 11 is 0. The lowest BCUT2D eigenvalue weighted by molar-refractivity contribution is 0.0690. The smallest absolute Gasteiger partial charge is 0.121 e. The lowest BCUT2D eigenvalue weighted by Crippen LogP contribution is -2.48. The highest BCUT2D eigenvalue weighted by Gasteiger charge is 2.34. The van der Waals surface area contributed by atoms with Crippen molar-refractivity contribution in [1.82, 2.24) is 10.2 Å². The summed E-state index contributed by atoms with van der Waals surface area (Å²) in [6, 6.07) is 4.57. The summed E-state index contributed by atoms with van der Waals surface area (Å²) in [5.74, 6) is 2.11. The van der Waals surface area contributed by atoms with Gasteiger partial charge < -0.3 is 9.73 Å². The van der Waals surface area contributed by atoms with Gasteiger partial charge in [-0.25, -0.2) is 0 Å². The predicted octanol–water partition coefficient (Wildman–Crippen LogP) is 2.58. The molecule has 96 valence electrons. The fourth-order valence-corrected chi connectivity index (χ4v) is 2.70. The average Bonchev–Trinajstić information content (AvgIpc) is 2.64. The fourth-order valence-electron chi connectivity index (χ4n) is 2.70. The number of rotatable bonds is 2. The van der Waals surface area contributed by atoms with Crippen LogP contribution in [-0.4, -0.2) is 31.1 Å². The quantitative estimate of drug-likeness (QED) is 0.855. The molecular weight excluding hydrogens is 212 g/mol. The van der Waals surface area contributed by atoms with Crippen molar-refractivity contribution in [2.45, 2.75) is 33.7 Å². The minimum absolute atomic E-state index is 0.196. The van der Waals surface area contributed by atoms with Gasteiger partial charge in [-0.15, -0.1) is 0 Å². The number of furan rings is 1. The predicted molar refractivity (Wildman–Crippen MR) is 70.1 cm³/mol. The van der Waals surface area contributed by atoms with Crippen LogP contribution in [0.25, 0.3) is 0 Å². The summed E-state index contributed by atoms with van der Waals surface area (Å²) in [5, 5.41) is 3.41. The van der Waals surface area contributed by atoms with Crippen molar-refractivity contribution < 1.29 is 4.42 Å². The number of aryl methyl sites for hydroxylation is 1. The Hall–Kier alpha value is -0.800. The first-order valence-electron chi connectivity index (χ1n) is 6.49. The first kappa shape index (κ1) is 12.7. The van der Waals surface area contributed by atoms with Crippen molar-refractivity contribution in [2.24, 2.45) is 5.41 Å². The Kier molecular flexibility index (Phi) is 3.59. The van der Waals surface area contributed by atoms with E-state index in [2.05, 4.69) is 43.1 Å². The third-order valence-electron chi connectivity index (χ3n) is 3.37. The molecule has 0 spiro atoms. The van der Waals surface area contributed by atoms with E-state index in [9.17, 15) is 0 Å². The molecule has 0 aliphatic carbocycles. The van der Waals surface area contributed by atoms with E-state index in [1.54, 1.807) is 0 Å². The van der Waals surface area contributed by atoms with E-state index >= 15 is 0 Å². The molecule has 1 fully saturated rings. The van der Waals surface area contributed by atoms with Crippen molar-refractivity contribution in [3.05, 3.63) is 23.7 Å². The van der Waals surface area contributed by atoms with Crippen LogP contribution in [0, 0.1) is 12.3 Å². The van der Waals surface area contributed by atoms with Crippen LogP contribution in [0.15, 0.2) is 16.5 Å². The van der Waals surface area contributed by atoms with E-state index < -0.39 is 0 Å². The SMILES string of the molecule is Cc1ccc([C@@H](N2CCNCC2)C(C)(C)C)o1. The van der Waals surface area contributed by atoms with Crippen LogP contribution in [0.2, 0.25) is 0 Å². The molecule has 0 amide bonds. The van der Waals surface area contributed by atoms with Gasteiger partial charge in [0.15, 0.2) is 0 Å². The van der Waals surface area contributed by atoms with E-state index in [-0.39, 0.29) is 5.41 Å². The number of piperazine rings is 1. The third-order valence-corrected chi connectivity index (χ3v) is 3.37. The summed E-state index contributed by atoms with van der Waals surface area (Å²) < 4.78 is 5.86. The summed E-state index contributed by atoms with van der Waals surface area (Å²) in [6.45, 7) is 13.2. The fraction of sp³-hybridized carbons (Fsp3) is 0.714. The summed E-state index contributed by atoms with van der Waals surface area (Å²) in [5.41, 5.74) is 0.196. The highest BCUT2D eigenvalue weighted by Crippen LogP contribution is 2.38. The minimum Gasteiger partial charge on any atom is -0.465 e. The van der Waals surface area contributed by atoms with Crippen LogP contribution in [0.5, 0.6) is 0 Å².